The number of anilines is 1. The van der Waals surface area contributed by atoms with E-state index in [0.717, 1.165) is 16.7 Å². The maximum Gasteiger partial charge on any atom is 0.233 e. The van der Waals surface area contributed by atoms with Crippen molar-refractivity contribution < 1.29 is 39.8 Å². The van der Waals surface area contributed by atoms with Crippen LogP contribution >= 0.6 is 0 Å². The van der Waals surface area contributed by atoms with Crippen LogP contribution in [0.1, 0.15) is 53.7 Å². The molecule has 0 spiro atoms. The molecule has 0 saturated carbocycles. The minimum atomic E-state index is -1.55. The highest BCUT2D eigenvalue weighted by molar-refractivity contribution is 6.03. The SMILES string of the molecule is O=C1[C@H](CC[C@H](O)c2ccc(F)cc2)[C@@H](c2ccc(CCC(O)(CO)CO)cc2)N1c1ccc(CC(O)CO)cc1. The number of carbonyl (C=O) groups excluding carboxylic acids is 1. The number of hydrogen-bond donors (Lipinski definition) is 6. The molecule has 0 aliphatic carbocycles. The summed E-state index contributed by atoms with van der Waals surface area (Å²) in [6, 6.07) is 20.3. The predicted octanol–water partition coefficient (Wildman–Crippen LogP) is 2.59. The van der Waals surface area contributed by atoms with Gasteiger partial charge in [-0.1, -0.05) is 48.5 Å². The molecule has 4 atom stereocenters. The first-order valence-electron chi connectivity index (χ1n) is 13.9. The first kappa shape index (κ1) is 30.8. The van der Waals surface area contributed by atoms with Crippen molar-refractivity contribution in [2.24, 2.45) is 5.92 Å². The van der Waals surface area contributed by atoms with Crippen molar-refractivity contribution in [1.82, 2.24) is 0 Å². The number of aliphatic hydroxyl groups is 6. The van der Waals surface area contributed by atoms with E-state index in [0.29, 0.717) is 36.9 Å². The molecule has 1 aliphatic heterocycles. The van der Waals surface area contributed by atoms with Gasteiger partial charge in [-0.25, -0.2) is 4.39 Å². The molecule has 1 heterocycles. The van der Waals surface area contributed by atoms with Crippen molar-refractivity contribution in [3.8, 4) is 0 Å². The van der Waals surface area contributed by atoms with Crippen LogP contribution in [-0.4, -0.2) is 68.1 Å². The third-order valence-electron chi connectivity index (χ3n) is 7.91. The molecule has 6 N–H and O–H groups in total. The molecule has 3 aromatic carbocycles. The number of rotatable bonds is 14. The largest absolute Gasteiger partial charge is 0.394 e. The van der Waals surface area contributed by atoms with Gasteiger partial charge in [-0.3, -0.25) is 4.79 Å². The maximum absolute atomic E-state index is 13.4. The zero-order valence-electron chi connectivity index (χ0n) is 22.8. The summed E-state index contributed by atoms with van der Waals surface area (Å²) >= 11 is 0. The Labute approximate surface area is 239 Å². The van der Waals surface area contributed by atoms with Crippen LogP contribution in [0.4, 0.5) is 10.1 Å². The second-order valence-corrected chi connectivity index (χ2v) is 10.9. The number of carbonyl (C=O) groups is 1. The number of aryl methyl sites for hydroxylation is 1. The summed E-state index contributed by atoms with van der Waals surface area (Å²) < 4.78 is 13.3. The Hall–Kier alpha value is -3.18. The van der Waals surface area contributed by atoms with E-state index < -0.39 is 31.0 Å². The molecule has 0 aromatic heterocycles. The van der Waals surface area contributed by atoms with Gasteiger partial charge in [-0.2, -0.15) is 0 Å². The van der Waals surface area contributed by atoms with E-state index in [1.165, 1.54) is 24.3 Å². The van der Waals surface area contributed by atoms with Crippen LogP contribution in [0.15, 0.2) is 72.8 Å². The van der Waals surface area contributed by atoms with Gasteiger partial charge in [-0.15, -0.1) is 0 Å². The standard InChI is InChI=1S/C32H38FNO7/c33-25-9-7-23(8-10-25)29(39)14-13-28-30(24-5-1-21(2-6-24)15-16-32(41,19-36)20-37)34(31(28)40)26-11-3-22(4-12-26)17-27(38)18-35/h1-12,27-30,35-39,41H,13-20H2/t27?,28-,29+,30-/m1/s1. The topological polar surface area (TPSA) is 142 Å². The summed E-state index contributed by atoms with van der Waals surface area (Å²) in [6.45, 7) is -1.41. The summed E-state index contributed by atoms with van der Waals surface area (Å²) in [6.07, 6.45) is -0.0325. The van der Waals surface area contributed by atoms with E-state index in [1.807, 2.05) is 48.5 Å². The summed E-state index contributed by atoms with van der Waals surface area (Å²) in [7, 11) is 0. The highest BCUT2D eigenvalue weighted by atomic mass is 19.1. The summed E-state index contributed by atoms with van der Waals surface area (Å²) in [5.74, 6) is -0.853. The Morgan fingerprint density at radius 2 is 1.46 bits per heavy atom. The van der Waals surface area contributed by atoms with Crippen LogP contribution in [0.25, 0.3) is 0 Å². The van der Waals surface area contributed by atoms with Gasteiger partial charge in [0.15, 0.2) is 0 Å². The van der Waals surface area contributed by atoms with Crippen molar-refractivity contribution in [3.63, 3.8) is 0 Å². The van der Waals surface area contributed by atoms with Crippen LogP contribution in [0.5, 0.6) is 0 Å². The van der Waals surface area contributed by atoms with Crippen molar-refractivity contribution in [3.05, 3.63) is 101 Å². The van der Waals surface area contributed by atoms with Gasteiger partial charge in [-0.05, 0) is 72.2 Å². The van der Waals surface area contributed by atoms with Gasteiger partial charge in [0, 0.05) is 12.1 Å². The Balaban J connectivity index is 1.53. The van der Waals surface area contributed by atoms with Crippen LogP contribution in [0.3, 0.4) is 0 Å². The Morgan fingerprint density at radius 1 is 0.854 bits per heavy atom. The minimum Gasteiger partial charge on any atom is -0.394 e. The van der Waals surface area contributed by atoms with E-state index in [4.69, 9.17) is 5.11 Å². The van der Waals surface area contributed by atoms with E-state index in [-0.39, 0.29) is 36.7 Å². The van der Waals surface area contributed by atoms with E-state index >= 15 is 0 Å². The van der Waals surface area contributed by atoms with Crippen LogP contribution < -0.4 is 4.90 Å². The third-order valence-corrected chi connectivity index (χ3v) is 7.91. The summed E-state index contributed by atoms with van der Waals surface area (Å²) in [5, 5.41) is 58.5. The van der Waals surface area contributed by atoms with Crippen LogP contribution in [0, 0.1) is 11.7 Å². The predicted molar refractivity (Wildman–Crippen MR) is 151 cm³/mol. The van der Waals surface area contributed by atoms with Crippen molar-refractivity contribution in [2.75, 3.05) is 24.7 Å². The fraction of sp³-hybridized carbons (Fsp3) is 0.406. The Morgan fingerprint density at radius 3 is 2.05 bits per heavy atom. The third kappa shape index (κ3) is 7.37. The highest BCUT2D eigenvalue weighted by Crippen LogP contribution is 2.46. The molecule has 1 saturated heterocycles. The van der Waals surface area contributed by atoms with Gasteiger partial charge in [0.25, 0.3) is 0 Å². The number of nitrogens with zero attached hydrogens (tertiary/aromatic N) is 1. The smallest absolute Gasteiger partial charge is 0.233 e. The van der Waals surface area contributed by atoms with Gasteiger partial charge in [0.05, 0.1) is 44.0 Å². The molecule has 220 valence electrons. The van der Waals surface area contributed by atoms with Crippen LogP contribution in [0.2, 0.25) is 0 Å². The van der Waals surface area contributed by atoms with Crippen molar-refractivity contribution in [2.45, 2.75) is 56.0 Å². The molecule has 9 heteroatoms. The first-order valence-corrected chi connectivity index (χ1v) is 13.9. The second kappa shape index (κ2) is 13.7. The average Bonchev–Trinajstić information content (AvgIpc) is 3.00. The Kier molecular flexibility index (Phi) is 10.2. The van der Waals surface area contributed by atoms with E-state index in [2.05, 4.69) is 0 Å². The number of aliphatic hydroxyl groups excluding tert-OH is 5. The molecule has 1 aliphatic rings. The normalized spacial score (nSPS) is 18.7. The fourth-order valence-electron chi connectivity index (χ4n) is 5.28. The van der Waals surface area contributed by atoms with Gasteiger partial charge in [0.1, 0.15) is 11.4 Å². The molecular formula is C32H38FNO7. The zero-order valence-corrected chi connectivity index (χ0v) is 22.8. The second-order valence-electron chi connectivity index (χ2n) is 10.9. The lowest BCUT2D eigenvalue weighted by atomic mass is 9.78. The molecule has 8 nitrogen and oxygen atoms in total. The van der Waals surface area contributed by atoms with Gasteiger partial charge >= 0.3 is 0 Å². The highest BCUT2D eigenvalue weighted by Gasteiger charge is 2.48. The lowest BCUT2D eigenvalue weighted by Gasteiger charge is -2.48. The van der Waals surface area contributed by atoms with Gasteiger partial charge < -0.3 is 35.5 Å². The lowest BCUT2D eigenvalue weighted by Crippen LogP contribution is -2.55. The molecule has 41 heavy (non-hydrogen) atoms. The van der Waals surface area contributed by atoms with E-state index in [9.17, 15) is 34.7 Å². The molecule has 0 radical (unpaired) electrons. The van der Waals surface area contributed by atoms with E-state index in [1.54, 1.807) is 4.90 Å². The van der Waals surface area contributed by atoms with Crippen molar-refractivity contribution in [1.29, 1.82) is 0 Å². The minimum absolute atomic E-state index is 0.0792. The lowest BCUT2D eigenvalue weighted by molar-refractivity contribution is -0.131. The molecule has 1 fully saturated rings. The fourth-order valence-corrected chi connectivity index (χ4v) is 5.28. The average molecular weight is 568 g/mol. The molecule has 1 amide bonds. The number of amides is 1. The number of β-lactam (4-membered cyclic amide) rings is 1. The van der Waals surface area contributed by atoms with Crippen molar-refractivity contribution >= 4 is 11.6 Å². The monoisotopic (exact) mass is 567 g/mol. The molecule has 4 rings (SSSR count). The van der Waals surface area contributed by atoms with Crippen LogP contribution in [-0.2, 0) is 17.6 Å². The maximum atomic E-state index is 13.4. The quantitative estimate of drug-likeness (QED) is 0.165. The Bertz CT molecular complexity index is 1260. The summed E-state index contributed by atoms with van der Waals surface area (Å²) in [4.78, 5) is 15.2. The first-order chi connectivity index (χ1) is 19.7. The summed E-state index contributed by atoms with van der Waals surface area (Å²) in [5.41, 5.74) is 2.36. The number of benzene rings is 3. The number of halogens is 1. The van der Waals surface area contributed by atoms with Gasteiger partial charge in [0.2, 0.25) is 5.91 Å². The zero-order chi connectivity index (χ0) is 29.6. The molecular weight excluding hydrogens is 529 g/mol. The number of hydrogen-bond acceptors (Lipinski definition) is 7. The molecule has 3 aromatic rings. The molecule has 1 unspecified atom stereocenters. The molecule has 0 bridgehead atoms.